The quantitative estimate of drug-likeness (QED) is 0.0294. The highest BCUT2D eigenvalue weighted by Gasteiger charge is 2.48. The number of rotatable bonds is 14. The molecule has 0 saturated carbocycles. The van der Waals surface area contributed by atoms with Crippen molar-refractivity contribution in [2.24, 2.45) is 0 Å². The van der Waals surface area contributed by atoms with Crippen molar-refractivity contribution in [2.45, 2.75) is 49.4 Å². The summed E-state index contributed by atoms with van der Waals surface area (Å²) >= 11 is 15.0. The summed E-state index contributed by atoms with van der Waals surface area (Å²) in [5.74, 6) is -0.0404. The van der Waals surface area contributed by atoms with E-state index in [1.807, 2.05) is 37.3 Å². The number of methoxy groups -OCH3 is 1. The average Bonchev–Trinajstić information content (AvgIpc) is 3.72. The first kappa shape index (κ1) is 37.2. The number of anilines is 1. The second-order valence-electron chi connectivity index (χ2n) is 11.9. The number of nitrogens with zero attached hydrogens (tertiary/aromatic N) is 3. The van der Waals surface area contributed by atoms with Crippen molar-refractivity contribution in [1.82, 2.24) is 10.2 Å². The van der Waals surface area contributed by atoms with E-state index in [2.05, 4.69) is 17.1 Å². The van der Waals surface area contributed by atoms with Crippen LogP contribution in [0.5, 0.6) is 17.2 Å². The van der Waals surface area contributed by atoms with Crippen LogP contribution in [0.25, 0.3) is 5.76 Å². The van der Waals surface area contributed by atoms with Gasteiger partial charge in [-0.2, -0.15) is 0 Å². The molecule has 1 fully saturated rings. The molecule has 0 spiro atoms. The molecule has 1 atom stereocenters. The van der Waals surface area contributed by atoms with Crippen molar-refractivity contribution in [3.8, 4) is 17.2 Å². The standard InChI is InChI=1S/C39H35Cl2N3O6S2/c1-4-5-18-49-31-17-13-25(19-32(31)48-3)34-33(35(45)24-11-15-29(16-12-24)50-21-26-9-7-6-8-23(26)2)36(46)37(47)44(34)38-42-43-39(52-38)51-22-27-10-14-28(40)20-30(27)41/h6-17,19-20,34,45H,4-5,18,21-22H2,1-3H3/b35-33+. The van der Waals surface area contributed by atoms with Gasteiger partial charge in [0, 0.05) is 21.4 Å². The summed E-state index contributed by atoms with van der Waals surface area (Å²) in [6.07, 6.45) is 1.83. The lowest BCUT2D eigenvalue weighted by atomic mass is 9.95. The summed E-state index contributed by atoms with van der Waals surface area (Å²) in [7, 11) is 1.52. The molecule has 1 saturated heterocycles. The maximum atomic E-state index is 13.9. The van der Waals surface area contributed by atoms with Crippen molar-refractivity contribution < 1.29 is 28.9 Å². The van der Waals surface area contributed by atoms with Gasteiger partial charge in [0.15, 0.2) is 15.8 Å². The number of carbonyl (C=O) groups is 2. The smallest absolute Gasteiger partial charge is 0.301 e. The fraction of sp³-hybridized carbons (Fsp3) is 0.231. The topological polar surface area (TPSA) is 111 Å². The van der Waals surface area contributed by atoms with Crippen LogP contribution < -0.4 is 19.1 Å². The Morgan fingerprint density at radius 2 is 1.73 bits per heavy atom. The number of hydrogen-bond acceptors (Lipinski definition) is 10. The van der Waals surface area contributed by atoms with Gasteiger partial charge in [0.05, 0.1) is 25.3 Å². The highest BCUT2D eigenvalue weighted by molar-refractivity contribution is 8.00. The zero-order chi connectivity index (χ0) is 36.8. The fourth-order valence-electron chi connectivity index (χ4n) is 5.58. The number of Topliss-reactive ketones (excluding diaryl/α,β-unsaturated/α-hetero) is 1. The molecule has 1 aromatic heterocycles. The zero-order valence-electron chi connectivity index (χ0n) is 28.6. The molecular weight excluding hydrogens is 741 g/mol. The molecule has 13 heteroatoms. The third-order valence-electron chi connectivity index (χ3n) is 8.45. The molecule has 268 valence electrons. The summed E-state index contributed by atoms with van der Waals surface area (Å²) in [5, 5.41) is 21.6. The Morgan fingerprint density at radius 3 is 2.46 bits per heavy atom. The second kappa shape index (κ2) is 16.9. The summed E-state index contributed by atoms with van der Waals surface area (Å²) < 4.78 is 18.2. The number of aliphatic hydroxyl groups excluding tert-OH is 1. The van der Waals surface area contributed by atoms with Gasteiger partial charge in [-0.25, -0.2) is 0 Å². The first-order valence-electron chi connectivity index (χ1n) is 16.5. The Bertz CT molecular complexity index is 2120. The van der Waals surface area contributed by atoms with Crippen LogP contribution in [0, 0.1) is 6.92 Å². The summed E-state index contributed by atoms with van der Waals surface area (Å²) in [5.41, 5.74) is 3.78. The lowest BCUT2D eigenvalue weighted by molar-refractivity contribution is -0.132. The molecular formula is C39H35Cl2N3O6S2. The predicted molar refractivity (Wildman–Crippen MR) is 206 cm³/mol. The minimum absolute atomic E-state index is 0.0994. The first-order chi connectivity index (χ1) is 25.2. The van der Waals surface area contributed by atoms with E-state index in [0.29, 0.717) is 61.7 Å². The van der Waals surface area contributed by atoms with Crippen LogP contribution in [0.15, 0.2) is 94.8 Å². The first-order valence-corrected chi connectivity index (χ1v) is 19.0. The van der Waals surface area contributed by atoms with E-state index < -0.39 is 17.7 Å². The molecule has 4 aromatic carbocycles. The average molecular weight is 777 g/mol. The van der Waals surface area contributed by atoms with Crippen LogP contribution >= 0.6 is 46.3 Å². The third-order valence-corrected chi connectivity index (χ3v) is 11.1. The Hall–Kier alpha value is -4.55. The molecule has 0 radical (unpaired) electrons. The van der Waals surface area contributed by atoms with Gasteiger partial charge in [-0.15, -0.1) is 10.2 Å². The third kappa shape index (κ3) is 8.23. The van der Waals surface area contributed by atoms with E-state index >= 15 is 0 Å². The molecule has 6 rings (SSSR count). The number of thioether (sulfide) groups is 1. The van der Waals surface area contributed by atoms with E-state index in [4.69, 9.17) is 37.4 Å². The van der Waals surface area contributed by atoms with Crippen LogP contribution in [0.3, 0.4) is 0 Å². The minimum atomic E-state index is -1.05. The molecule has 52 heavy (non-hydrogen) atoms. The van der Waals surface area contributed by atoms with E-state index in [0.717, 1.165) is 40.9 Å². The summed E-state index contributed by atoms with van der Waals surface area (Å²) in [6.45, 7) is 4.97. The minimum Gasteiger partial charge on any atom is -0.507 e. The van der Waals surface area contributed by atoms with E-state index in [1.54, 1.807) is 54.6 Å². The Balaban J connectivity index is 1.34. The number of aliphatic hydroxyl groups is 1. The van der Waals surface area contributed by atoms with Gasteiger partial charge in [0.2, 0.25) is 5.13 Å². The van der Waals surface area contributed by atoms with Gasteiger partial charge in [-0.3, -0.25) is 14.5 Å². The number of aromatic nitrogens is 2. The van der Waals surface area contributed by atoms with Crippen molar-refractivity contribution in [2.75, 3.05) is 18.6 Å². The van der Waals surface area contributed by atoms with E-state index in [-0.39, 0.29) is 16.5 Å². The van der Waals surface area contributed by atoms with Crippen LogP contribution in [0.1, 0.15) is 53.6 Å². The van der Waals surface area contributed by atoms with Crippen molar-refractivity contribution in [1.29, 1.82) is 0 Å². The number of halogens is 2. The lowest BCUT2D eigenvalue weighted by Crippen LogP contribution is -2.29. The van der Waals surface area contributed by atoms with Crippen molar-refractivity contribution in [3.05, 3.63) is 128 Å². The molecule has 0 aliphatic carbocycles. The van der Waals surface area contributed by atoms with E-state index in [1.165, 1.54) is 23.8 Å². The Kier molecular flexibility index (Phi) is 12.1. The van der Waals surface area contributed by atoms with Gasteiger partial charge < -0.3 is 19.3 Å². The highest BCUT2D eigenvalue weighted by atomic mass is 35.5. The number of ether oxygens (including phenoxy) is 3. The lowest BCUT2D eigenvalue weighted by Gasteiger charge is -2.23. The monoisotopic (exact) mass is 775 g/mol. The number of benzene rings is 4. The molecule has 1 amide bonds. The van der Waals surface area contributed by atoms with Gasteiger partial charge in [-0.1, -0.05) is 96.0 Å². The normalized spacial score (nSPS) is 15.2. The molecule has 5 aromatic rings. The SMILES string of the molecule is CCCCOc1ccc(C2/C(=C(\O)c3ccc(OCc4ccccc4C)cc3)C(=O)C(=O)N2c2nnc(SCc3ccc(Cl)cc3Cl)s2)cc1OC. The van der Waals surface area contributed by atoms with Gasteiger partial charge >= 0.3 is 5.91 Å². The van der Waals surface area contributed by atoms with Crippen molar-refractivity contribution >= 4 is 68.9 Å². The molecule has 1 aliphatic heterocycles. The number of unbranched alkanes of at least 4 members (excludes halogenated alkanes) is 1. The number of carbonyl (C=O) groups excluding carboxylic acids is 2. The summed E-state index contributed by atoms with van der Waals surface area (Å²) in [4.78, 5) is 29.0. The second-order valence-corrected chi connectivity index (χ2v) is 14.9. The van der Waals surface area contributed by atoms with Crippen LogP contribution in [0.4, 0.5) is 5.13 Å². The van der Waals surface area contributed by atoms with Gasteiger partial charge in [0.25, 0.3) is 5.78 Å². The molecule has 1 N–H and O–H groups in total. The Morgan fingerprint density at radius 1 is 0.942 bits per heavy atom. The van der Waals surface area contributed by atoms with Gasteiger partial charge in [-0.05, 0) is 84.1 Å². The molecule has 2 heterocycles. The maximum Gasteiger partial charge on any atom is 0.301 e. The predicted octanol–water partition coefficient (Wildman–Crippen LogP) is 9.84. The maximum absolute atomic E-state index is 13.9. The number of hydrogen-bond donors (Lipinski definition) is 1. The number of aryl methyl sites for hydroxylation is 1. The molecule has 9 nitrogen and oxygen atoms in total. The van der Waals surface area contributed by atoms with E-state index in [9.17, 15) is 14.7 Å². The Labute approximate surface area is 320 Å². The molecule has 0 bridgehead atoms. The van der Waals surface area contributed by atoms with Gasteiger partial charge in [0.1, 0.15) is 18.1 Å². The molecule has 1 aliphatic rings. The summed E-state index contributed by atoms with van der Waals surface area (Å²) in [6, 6.07) is 24.1. The number of amides is 1. The zero-order valence-corrected chi connectivity index (χ0v) is 31.7. The van der Waals surface area contributed by atoms with Crippen molar-refractivity contribution in [3.63, 3.8) is 0 Å². The largest absolute Gasteiger partial charge is 0.507 e. The molecule has 1 unspecified atom stereocenters. The fourth-order valence-corrected chi connectivity index (χ4v) is 8.01. The van der Waals surface area contributed by atoms with Crippen LogP contribution in [0.2, 0.25) is 10.0 Å². The number of ketones is 1. The van der Waals surface area contributed by atoms with Crippen LogP contribution in [-0.2, 0) is 21.9 Å². The highest BCUT2D eigenvalue weighted by Crippen LogP contribution is 2.46. The van der Waals surface area contributed by atoms with Crippen LogP contribution in [-0.4, -0.2) is 40.7 Å².